The molecule has 0 atom stereocenters. The van der Waals surface area contributed by atoms with Crippen LogP contribution in [0.3, 0.4) is 0 Å². The Kier molecular flexibility index (Phi) is 3.03. The molecule has 0 spiro atoms. The van der Waals surface area contributed by atoms with Crippen molar-refractivity contribution in [1.82, 2.24) is 4.98 Å². The van der Waals surface area contributed by atoms with Gasteiger partial charge in [0.05, 0.1) is 7.11 Å². The van der Waals surface area contributed by atoms with Gasteiger partial charge in [-0.15, -0.1) is 0 Å². The quantitative estimate of drug-likeness (QED) is 0.537. The van der Waals surface area contributed by atoms with E-state index in [2.05, 4.69) is 9.98 Å². The minimum atomic E-state index is 0.391. The number of aliphatic imine (C=N–C) groups is 1. The van der Waals surface area contributed by atoms with E-state index in [4.69, 9.17) is 9.15 Å². The third-order valence-electron chi connectivity index (χ3n) is 2.89. The summed E-state index contributed by atoms with van der Waals surface area (Å²) in [6, 6.07) is 12.7. The molecule has 0 saturated carbocycles. The molecule has 0 aliphatic carbocycles. The highest BCUT2D eigenvalue weighted by Gasteiger charge is 2.10. The van der Waals surface area contributed by atoms with E-state index in [0.29, 0.717) is 22.9 Å². The first-order valence-electron chi connectivity index (χ1n) is 5.93. The van der Waals surface area contributed by atoms with Gasteiger partial charge in [0, 0.05) is 5.56 Å². The summed E-state index contributed by atoms with van der Waals surface area (Å²) >= 11 is 0. The van der Waals surface area contributed by atoms with Gasteiger partial charge in [-0.2, -0.15) is 4.99 Å². The van der Waals surface area contributed by atoms with Gasteiger partial charge < -0.3 is 9.15 Å². The number of hydrogen-bond acceptors (Lipinski definition) is 5. The molecule has 3 rings (SSSR count). The largest absolute Gasteiger partial charge is 0.494 e. The molecule has 0 fully saturated rings. The van der Waals surface area contributed by atoms with Crippen LogP contribution in [0, 0.1) is 0 Å². The normalized spacial score (nSPS) is 10.2. The van der Waals surface area contributed by atoms with Gasteiger partial charge in [0.25, 0.3) is 0 Å². The predicted molar refractivity (Wildman–Crippen MR) is 73.8 cm³/mol. The summed E-state index contributed by atoms with van der Waals surface area (Å²) in [5.74, 6) is 0.962. The second kappa shape index (κ2) is 4.99. The van der Waals surface area contributed by atoms with Crippen molar-refractivity contribution in [1.29, 1.82) is 0 Å². The van der Waals surface area contributed by atoms with Gasteiger partial charge in [0.15, 0.2) is 5.58 Å². The maximum absolute atomic E-state index is 10.4. The van der Waals surface area contributed by atoms with Crippen molar-refractivity contribution in [3.05, 3.63) is 42.5 Å². The number of methoxy groups -OCH3 is 1. The number of nitrogens with zero attached hydrogens (tertiary/aromatic N) is 2. The van der Waals surface area contributed by atoms with E-state index < -0.39 is 0 Å². The van der Waals surface area contributed by atoms with Crippen LogP contribution < -0.4 is 4.74 Å². The van der Waals surface area contributed by atoms with Crippen molar-refractivity contribution in [3.63, 3.8) is 0 Å². The Morgan fingerprint density at radius 3 is 2.85 bits per heavy atom. The van der Waals surface area contributed by atoms with Gasteiger partial charge in [0.1, 0.15) is 17.0 Å². The summed E-state index contributed by atoms with van der Waals surface area (Å²) in [4.78, 5) is 18.5. The number of fused-ring (bicyclic) bond motifs is 1. The number of isocyanates is 1. The number of carbonyl (C=O) groups excluding carboxylic acids is 1. The monoisotopic (exact) mass is 266 g/mol. The second-order valence-corrected chi connectivity index (χ2v) is 4.08. The number of aromatic nitrogens is 1. The fourth-order valence-corrected chi connectivity index (χ4v) is 1.96. The van der Waals surface area contributed by atoms with Gasteiger partial charge in [0.2, 0.25) is 12.0 Å². The molecule has 0 N–H and O–H groups in total. The maximum atomic E-state index is 10.4. The molecule has 5 nitrogen and oxygen atoms in total. The highest BCUT2D eigenvalue weighted by atomic mass is 16.5. The first-order valence-corrected chi connectivity index (χ1v) is 5.93. The summed E-state index contributed by atoms with van der Waals surface area (Å²) in [5.41, 5.74) is 2.59. The van der Waals surface area contributed by atoms with Crippen LogP contribution >= 0.6 is 0 Å². The Balaban J connectivity index is 2.13. The Morgan fingerprint density at radius 1 is 1.25 bits per heavy atom. The lowest BCUT2D eigenvalue weighted by Crippen LogP contribution is -1.84. The molecule has 3 aromatic rings. The van der Waals surface area contributed by atoms with Crippen LogP contribution in [-0.4, -0.2) is 18.2 Å². The van der Waals surface area contributed by atoms with Gasteiger partial charge in [-0.25, -0.2) is 9.78 Å². The lowest BCUT2D eigenvalue weighted by Gasteiger charge is -2.03. The molecule has 1 heterocycles. The van der Waals surface area contributed by atoms with Crippen molar-refractivity contribution < 1.29 is 13.9 Å². The third-order valence-corrected chi connectivity index (χ3v) is 2.89. The van der Waals surface area contributed by atoms with E-state index in [0.717, 1.165) is 11.1 Å². The van der Waals surface area contributed by atoms with Crippen molar-refractivity contribution in [2.75, 3.05) is 7.11 Å². The number of ether oxygens (including phenoxy) is 1. The molecule has 1 aromatic heterocycles. The number of benzene rings is 2. The van der Waals surface area contributed by atoms with Gasteiger partial charge in [-0.05, 0) is 30.3 Å². The van der Waals surface area contributed by atoms with E-state index in [1.807, 2.05) is 24.3 Å². The number of hydrogen-bond donors (Lipinski definition) is 0. The van der Waals surface area contributed by atoms with Crippen LogP contribution in [0.25, 0.3) is 22.6 Å². The molecule has 0 aliphatic rings. The Labute approximate surface area is 114 Å². The van der Waals surface area contributed by atoms with Crippen molar-refractivity contribution in [2.45, 2.75) is 0 Å². The molecular formula is C15H10N2O3. The number of oxazole rings is 1. The van der Waals surface area contributed by atoms with Gasteiger partial charge in [-0.1, -0.05) is 12.1 Å². The highest BCUT2D eigenvalue weighted by Crippen LogP contribution is 2.33. The van der Waals surface area contributed by atoms with Crippen LogP contribution in [0.4, 0.5) is 5.69 Å². The predicted octanol–water partition coefficient (Wildman–Crippen LogP) is 3.47. The summed E-state index contributed by atoms with van der Waals surface area (Å²) < 4.78 is 10.8. The van der Waals surface area contributed by atoms with Gasteiger partial charge >= 0.3 is 0 Å². The van der Waals surface area contributed by atoms with Crippen LogP contribution in [0.1, 0.15) is 0 Å². The zero-order valence-corrected chi connectivity index (χ0v) is 10.7. The average molecular weight is 266 g/mol. The van der Waals surface area contributed by atoms with E-state index in [1.165, 1.54) is 13.2 Å². The molecule has 0 unspecified atom stereocenters. The van der Waals surface area contributed by atoms with E-state index in [1.54, 1.807) is 18.2 Å². The number of para-hydroxylation sites is 2. The SMILES string of the molecule is COc1ccc(-c2nc3ccccc3o2)cc1N=C=O. The molecule has 0 radical (unpaired) electrons. The van der Waals surface area contributed by atoms with E-state index >= 15 is 0 Å². The Bertz CT molecular complexity index is 784. The van der Waals surface area contributed by atoms with Crippen LogP contribution in [-0.2, 0) is 4.79 Å². The lowest BCUT2D eigenvalue weighted by molar-refractivity contribution is 0.416. The minimum Gasteiger partial charge on any atom is -0.494 e. The van der Waals surface area contributed by atoms with Gasteiger partial charge in [-0.3, -0.25) is 0 Å². The zero-order valence-electron chi connectivity index (χ0n) is 10.7. The first-order chi connectivity index (χ1) is 9.81. The van der Waals surface area contributed by atoms with Crippen LogP contribution in [0.15, 0.2) is 51.9 Å². The fraction of sp³-hybridized carbons (Fsp3) is 0.0667. The average Bonchev–Trinajstić information content (AvgIpc) is 2.91. The van der Waals surface area contributed by atoms with Crippen LogP contribution in [0.2, 0.25) is 0 Å². The first kappa shape index (κ1) is 12.1. The topological polar surface area (TPSA) is 64.7 Å². The van der Waals surface area contributed by atoms with Crippen molar-refractivity contribution in [2.24, 2.45) is 4.99 Å². The van der Waals surface area contributed by atoms with Crippen LogP contribution in [0.5, 0.6) is 5.75 Å². The summed E-state index contributed by atoms with van der Waals surface area (Å²) in [7, 11) is 1.51. The smallest absolute Gasteiger partial charge is 0.240 e. The molecular weight excluding hydrogens is 256 g/mol. The zero-order chi connectivity index (χ0) is 13.9. The fourth-order valence-electron chi connectivity index (χ4n) is 1.96. The number of rotatable bonds is 3. The molecule has 20 heavy (non-hydrogen) atoms. The molecule has 98 valence electrons. The minimum absolute atomic E-state index is 0.391. The summed E-state index contributed by atoms with van der Waals surface area (Å²) in [6.45, 7) is 0. The van der Waals surface area contributed by atoms with Crippen molar-refractivity contribution in [3.8, 4) is 17.2 Å². The molecule has 0 aliphatic heterocycles. The highest BCUT2D eigenvalue weighted by molar-refractivity contribution is 5.77. The third kappa shape index (κ3) is 2.06. The Morgan fingerprint density at radius 2 is 2.10 bits per heavy atom. The maximum Gasteiger partial charge on any atom is 0.240 e. The lowest BCUT2D eigenvalue weighted by atomic mass is 10.2. The summed E-state index contributed by atoms with van der Waals surface area (Å²) in [6.07, 6.45) is 1.51. The second-order valence-electron chi connectivity index (χ2n) is 4.08. The molecule has 0 saturated heterocycles. The van der Waals surface area contributed by atoms with E-state index in [9.17, 15) is 4.79 Å². The summed E-state index contributed by atoms with van der Waals surface area (Å²) in [5, 5.41) is 0. The Hall–Kier alpha value is -2.91. The van der Waals surface area contributed by atoms with E-state index in [-0.39, 0.29) is 0 Å². The molecule has 0 bridgehead atoms. The molecule has 2 aromatic carbocycles. The molecule has 5 heteroatoms. The standard InChI is InChI=1S/C15H10N2O3/c1-19-13-7-6-10(8-12(13)16-9-18)15-17-11-4-2-3-5-14(11)20-15/h2-8H,1H3. The van der Waals surface area contributed by atoms with Crippen molar-refractivity contribution >= 4 is 22.9 Å². The molecule has 0 amide bonds.